The molecule has 0 unspecified atom stereocenters. The van der Waals surface area contributed by atoms with Gasteiger partial charge < -0.3 is 5.32 Å². The lowest BCUT2D eigenvalue weighted by molar-refractivity contribution is -0.124. The van der Waals surface area contributed by atoms with E-state index in [4.69, 9.17) is 0 Å². The summed E-state index contributed by atoms with van der Waals surface area (Å²) >= 11 is 3.34. The van der Waals surface area contributed by atoms with Gasteiger partial charge in [0, 0.05) is 17.3 Å². The van der Waals surface area contributed by atoms with E-state index in [1.807, 2.05) is 24.3 Å². The molecule has 0 heterocycles. The van der Waals surface area contributed by atoms with Gasteiger partial charge >= 0.3 is 0 Å². The first-order valence-electron chi connectivity index (χ1n) is 7.16. The summed E-state index contributed by atoms with van der Waals surface area (Å²) in [4.78, 5) is 23.3. The van der Waals surface area contributed by atoms with Gasteiger partial charge in [0.2, 0.25) is 11.8 Å². The van der Waals surface area contributed by atoms with Crippen molar-refractivity contribution in [1.29, 1.82) is 0 Å². The molecule has 0 aromatic heterocycles. The molecule has 7 heteroatoms. The van der Waals surface area contributed by atoms with Crippen molar-refractivity contribution in [3.05, 3.63) is 64.4 Å². The molecule has 0 aliphatic carbocycles. The van der Waals surface area contributed by atoms with Gasteiger partial charge in [-0.1, -0.05) is 40.2 Å². The second-order valence-electron chi connectivity index (χ2n) is 4.88. The van der Waals surface area contributed by atoms with E-state index in [1.54, 1.807) is 6.07 Å². The molecule has 0 saturated heterocycles. The number of halogens is 2. The minimum absolute atomic E-state index is 0.0455. The Morgan fingerprint density at radius 3 is 2.58 bits per heavy atom. The average molecular weight is 392 g/mol. The zero-order chi connectivity index (χ0) is 17.4. The number of amides is 2. The molecule has 0 spiro atoms. The van der Waals surface area contributed by atoms with Crippen molar-refractivity contribution >= 4 is 39.6 Å². The zero-order valence-corrected chi connectivity index (χ0v) is 14.2. The van der Waals surface area contributed by atoms with Crippen LogP contribution in [0.2, 0.25) is 0 Å². The molecule has 2 aromatic rings. The van der Waals surface area contributed by atoms with Gasteiger partial charge in [0.25, 0.3) is 0 Å². The Bertz CT molecular complexity index is 765. The zero-order valence-electron chi connectivity index (χ0n) is 12.6. The fraction of sp³-hybridized carbons (Fsp3) is 0.118. The molecule has 0 radical (unpaired) electrons. The maximum absolute atomic E-state index is 13.4. The van der Waals surface area contributed by atoms with Crippen molar-refractivity contribution in [2.24, 2.45) is 5.10 Å². The summed E-state index contributed by atoms with van der Waals surface area (Å²) in [6.07, 6.45) is 1.39. The van der Waals surface area contributed by atoms with Gasteiger partial charge in [0.05, 0.1) is 11.9 Å². The van der Waals surface area contributed by atoms with Crippen LogP contribution >= 0.6 is 15.9 Å². The van der Waals surface area contributed by atoms with Crippen molar-refractivity contribution in [3.8, 4) is 0 Å². The highest BCUT2D eigenvalue weighted by molar-refractivity contribution is 9.10. The Balaban J connectivity index is 1.75. The number of carbonyl (C=O) groups is 2. The summed E-state index contributed by atoms with van der Waals surface area (Å²) in [5, 5.41) is 6.24. The standard InChI is InChI=1S/C17H15BrFN3O2/c18-13-5-3-4-12(10-13)11-20-22-17(24)9-8-16(23)21-15-7-2-1-6-14(15)19/h1-7,10-11H,8-9H2,(H,21,23)(H,22,24). The topological polar surface area (TPSA) is 70.6 Å². The first kappa shape index (κ1) is 17.8. The third kappa shape index (κ3) is 5.92. The lowest BCUT2D eigenvalue weighted by Gasteiger charge is -2.05. The predicted molar refractivity (Wildman–Crippen MR) is 94.1 cm³/mol. The molecule has 2 N–H and O–H groups in total. The predicted octanol–water partition coefficient (Wildman–Crippen LogP) is 3.46. The second kappa shape index (κ2) is 8.93. The lowest BCUT2D eigenvalue weighted by Crippen LogP contribution is -2.20. The number of hydrogen-bond acceptors (Lipinski definition) is 3. The number of benzene rings is 2. The second-order valence-corrected chi connectivity index (χ2v) is 5.79. The number of hydrazone groups is 1. The molecule has 2 rings (SSSR count). The number of hydrogen-bond donors (Lipinski definition) is 2. The lowest BCUT2D eigenvalue weighted by atomic mass is 10.2. The minimum atomic E-state index is -0.520. The monoisotopic (exact) mass is 391 g/mol. The van der Waals surface area contributed by atoms with Crippen molar-refractivity contribution in [2.45, 2.75) is 12.8 Å². The average Bonchev–Trinajstić information content (AvgIpc) is 2.55. The third-order valence-corrected chi connectivity index (χ3v) is 3.47. The van der Waals surface area contributed by atoms with Crippen LogP contribution in [0, 0.1) is 5.82 Å². The van der Waals surface area contributed by atoms with E-state index in [1.165, 1.54) is 24.4 Å². The van der Waals surface area contributed by atoms with E-state index < -0.39 is 17.6 Å². The SMILES string of the molecule is O=C(CCC(=O)Nc1ccccc1F)NN=Cc1cccc(Br)c1. The van der Waals surface area contributed by atoms with Crippen LogP contribution in [0.1, 0.15) is 18.4 Å². The van der Waals surface area contributed by atoms with Crippen molar-refractivity contribution in [3.63, 3.8) is 0 Å². The molecular formula is C17H15BrFN3O2. The van der Waals surface area contributed by atoms with Gasteiger partial charge in [0.1, 0.15) is 5.82 Å². The molecule has 0 aliphatic heterocycles. The molecule has 0 saturated carbocycles. The number of para-hydroxylation sites is 1. The van der Waals surface area contributed by atoms with Gasteiger partial charge in [0.15, 0.2) is 0 Å². The quantitative estimate of drug-likeness (QED) is 0.584. The summed E-state index contributed by atoms with van der Waals surface area (Å²) in [5.74, 6) is -1.36. The van der Waals surface area contributed by atoms with Crippen LogP contribution < -0.4 is 10.7 Å². The molecule has 0 fully saturated rings. The maximum Gasteiger partial charge on any atom is 0.240 e. The van der Waals surface area contributed by atoms with E-state index in [9.17, 15) is 14.0 Å². The minimum Gasteiger partial charge on any atom is -0.324 e. The maximum atomic E-state index is 13.4. The number of nitrogens with one attached hydrogen (secondary N) is 2. The Kier molecular flexibility index (Phi) is 6.62. The smallest absolute Gasteiger partial charge is 0.240 e. The molecule has 0 atom stereocenters. The molecule has 5 nitrogen and oxygen atoms in total. The summed E-state index contributed by atoms with van der Waals surface area (Å²) < 4.78 is 14.3. The number of rotatable bonds is 6. The Labute approximate surface area is 147 Å². The summed E-state index contributed by atoms with van der Waals surface area (Å²) in [6, 6.07) is 13.3. The highest BCUT2D eigenvalue weighted by Crippen LogP contribution is 2.13. The van der Waals surface area contributed by atoms with Crippen LogP contribution in [-0.2, 0) is 9.59 Å². The van der Waals surface area contributed by atoms with Gasteiger partial charge in [-0.25, -0.2) is 9.82 Å². The van der Waals surface area contributed by atoms with E-state index in [2.05, 4.69) is 31.8 Å². The van der Waals surface area contributed by atoms with E-state index in [0.29, 0.717) is 0 Å². The van der Waals surface area contributed by atoms with E-state index >= 15 is 0 Å². The largest absolute Gasteiger partial charge is 0.324 e. The van der Waals surface area contributed by atoms with Crippen LogP contribution in [0.5, 0.6) is 0 Å². The van der Waals surface area contributed by atoms with Crippen LogP contribution in [0.3, 0.4) is 0 Å². The van der Waals surface area contributed by atoms with Crippen LogP contribution in [0.25, 0.3) is 0 Å². The molecule has 0 aliphatic rings. The molecule has 124 valence electrons. The van der Waals surface area contributed by atoms with Gasteiger partial charge in [-0.05, 0) is 29.8 Å². The van der Waals surface area contributed by atoms with E-state index in [-0.39, 0.29) is 18.5 Å². The highest BCUT2D eigenvalue weighted by Gasteiger charge is 2.08. The first-order valence-corrected chi connectivity index (χ1v) is 7.96. The van der Waals surface area contributed by atoms with Crippen LogP contribution in [-0.4, -0.2) is 18.0 Å². The Morgan fingerprint density at radius 2 is 1.83 bits per heavy atom. The van der Waals surface area contributed by atoms with Crippen LogP contribution in [0.4, 0.5) is 10.1 Å². The normalized spacial score (nSPS) is 10.6. The fourth-order valence-corrected chi connectivity index (χ4v) is 2.24. The number of anilines is 1. The fourth-order valence-electron chi connectivity index (χ4n) is 1.82. The Morgan fingerprint density at radius 1 is 1.08 bits per heavy atom. The Hall–Kier alpha value is -2.54. The van der Waals surface area contributed by atoms with Crippen molar-refractivity contribution in [1.82, 2.24) is 5.43 Å². The van der Waals surface area contributed by atoms with Crippen molar-refractivity contribution < 1.29 is 14.0 Å². The number of carbonyl (C=O) groups excluding carboxylic acids is 2. The van der Waals surface area contributed by atoms with Gasteiger partial charge in [-0.3, -0.25) is 9.59 Å². The highest BCUT2D eigenvalue weighted by atomic mass is 79.9. The first-order chi connectivity index (χ1) is 11.5. The van der Waals surface area contributed by atoms with Gasteiger partial charge in [-0.15, -0.1) is 0 Å². The number of nitrogens with zero attached hydrogens (tertiary/aromatic N) is 1. The van der Waals surface area contributed by atoms with E-state index in [0.717, 1.165) is 10.0 Å². The van der Waals surface area contributed by atoms with Crippen molar-refractivity contribution in [2.75, 3.05) is 5.32 Å². The molecular weight excluding hydrogens is 377 g/mol. The molecule has 24 heavy (non-hydrogen) atoms. The summed E-state index contributed by atoms with van der Waals surface area (Å²) in [5.41, 5.74) is 3.26. The summed E-state index contributed by atoms with van der Waals surface area (Å²) in [6.45, 7) is 0. The third-order valence-electron chi connectivity index (χ3n) is 2.98. The summed E-state index contributed by atoms with van der Waals surface area (Å²) in [7, 11) is 0. The van der Waals surface area contributed by atoms with Gasteiger partial charge in [-0.2, -0.15) is 5.10 Å². The molecule has 2 aromatic carbocycles. The molecule has 2 amide bonds. The van der Waals surface area contributed by atoms with Crippen LogP contribution in [0.15, 0.2) is 58.1 Å². The molecule has 0 bridgehead atoms.